The second-order valence-electron chi connectivity index (χ2n) is 4.73. The lowest BCUT2D eigenvalue weighted by Gasteiger charge is -2.12. The summed E-state index contributed by atoms with van der Waals surface area (Å²) in [6.45, 7) is 0.810. The van der Waals surface area contributed by atoms with E-state index in [0.29, 0.717) is 16.6 Å². The van der Waals surface area contributed by atoms with Crippen molar-refractivity contribution in [1.29, 1.82) is 0 Å². The molecule has 3 rings (SSSR count). The molecule has 104 valence electrons. The third-order valence-corrected chi connectivity index (χ3v) is 4.71. The third-order valence-electron chi connectivity index (χ3n) is 3.32. The molecule has 0 radical (unpaired) electrons. The summed E-state index contributed by atoms with van der Waals surface area (Å²) in [5, 5.41) is 13.8. The highest BCUT2D eigenvalue weighted by atomic mass is 32.2. The lowest BCUT2D eigenvalue weighted by Crippen LogP contribution is -2.16. The molecule has 0 amide bonds. The third kappa shape index (κ3) is 2.70. The van der Waals surface area contributed by atoms with Crippen molar-refractivity contribution in [2.45, 2.75) is 18.1 Å². The monoisotopic (exact) mass is 289 g/mol. The minimum Gasteiger partial charge on any atom is -0.475 e. The molecule has 2 aromatic rings. The molecule has 1 saturated heterocycles. The number of anilines is 1. The molecule has 1 atom stereocenters. The predicted molar refractivity (Wildman–Crippen MR) is 80.5 cm³/mol. The molecule has 20 heavy (non-hydrogen) atoms. The van der Waals surface area contributed by atoms with Crippen molar-refractivity contribution < 1.29 is 9.90 Å². The molecule has 0 spiro atoms. The van der Waals surface area contributed by atoms with Gasteiger partial charge in [0.15, 0.2) is 0 Å². The van der Waals surface area contributed by atoms with Gasteiger partial charge in [0.1, 0.15) is 5.82 Å². The minimum atomic E-state index is -1.10. The molecule has 6 heteroatoms. The summed E-state index contributed by atoms with van der Waals surface area (Å²) in [6.07, 6.45) is 2.45. The molecule has 1 unspecified atom stereocenters. The first kappa shape index (κ1) is 13.2. The number of carboxylic acid groups (broad SMARTS) is 1. The van der Waals surface area contributed by atoms with Crippen molar-refractivity contribution in [2.75, 3.05) is 17.6 Å². The Balaban J connectivity index is 1.92. The molecule has 1 aliphatic heterocycles. The second kappa shape index (κ2) is 5.66. The molecule has 1 aliphatic rings. The first-order chi connectivity index (χ1) is 9.74. The van der Waals surface area contributed by atoms with Gasteiger partial charge in [0, 0.05) is 17.2 Å². The van der Waals surface area contributed by atoms with Crippen LogP contribution in [-0.2, 0) is 0 Å². The maximum Gasteiger partial charge on any atom is 0.374 e. The molecule has 0 saturated carbocycles. The van der Waals surface area contributed by atoms with E-state index in [2.05, 4.69) is 15.3 Å². The second-order valence-corrected chi connectivity index (χ2v) is 6.14. The number of carboxylic acids is 1. The lowest BCUT2D eigenvalue weighted by atomic mass is 10.2. The fourth-order valence-electron chi connectivity index (χ4n) is 2.32. The van der Waals surface area contributed by atoms with E-state index in [1.54, 1.807) is 6.07 Å². The van der Waals surface area contributed by atoms with E-state index in [1.807, 2.05) is 30.0 Å². The van der Waals surface area contributed by atoms with Gasteiger partial charge in [-0.1, -0.05) is 12.1 Å². The number of rotatable bonds is 4. The van der Waals surface area contributed by atoms with Crippen LogP contribution < -0.4 is 5.32 Å². The Labute approximate surface area is 120 Å². The van der Waals surface area contributed by atoms with Gasteiger partial charge in [0.25, 0.3) is 0 Å². The number of hydrogen-bond acceptors (Lipinski definition) is 5. The standard InChI is InChI=1S/C14H15N3O2S/c18-14(19)13-16-11-6-2-1-5-10(11)12(17-13)15-8-9-4-3-7-20-9/h1-2,5-6,9H,3-4,7-8H2,(H,18,19)(H,15,16,17). The van der Waals surface area contributed by atoms with Gasteiger partial charge in [-0.15, -0.1) is 0 Å². The summed E-state index contributed by atoms with van der Waals surface area (Å²) >= 11 is 1.96. The minimum absolute atomic E-state index is 0.162. The average molecular weight is 289 g/mol. The number of aromatic nitrogens is 2. The number of aromatic carboxylic acids is 1. The summed E-state index contributed by atoms with van der Waals surface area (Å²) in [5.41, 5.74) is 0.654. The Morgan fingerprint density at radius 1 is 1.40 bits per heavy atom. The number of nitrogens with one attached hydrogen (secondary N) is 1. The highest BCUT2D eigenvalue weighted by Crippen LogP contribution is 2.27. The number of nitrogens with zero attached hydrogens (tertiary/aromatic N) is 2. The van der Waals surface area contributed by atoms with Crippen LogP contribution in [0.5, 0.6) is 0 Å². The number of carbonyl (C=O) groups is 1. The molecule has 1 fully saturated rings. The first-order valence-electron chi connectivity index (χ1n) is 6.59. The van der Waals surface area contributed by atoms with E-state index in [4.69, 9.17) is 5.11 Å². The van der Waals surface area contributed by atoms with Crippen LogP contribution in [0.3, 0.4) is 0 Å². The topological polar surface area (TPSA) is 75.1 Å². The van der Waals surface area contributed by atoms with Crippen molar-refractivity contribution in [2.24, 2.45) is 0 Å². The molecule has 2 N–H and O–H groups in total. The zero-order chi connectivity index (χ0) is 13.9. The molecule has 1 aromatic heterocycles. The number of benzene rings is 1. The fourth-order valence-corrected chi connectivity index (χ4v) is 3.52. The highest BCUT2D eigenvalue weighted by Gasteiger charge is 2.17. The van der Waals surface area contributed by atoms with E-state index in [-0.39, 0.29) is 5.82 Å². The van der Waals surface area contributed by atoms with Crippen molar-refractivity contribution in [1.82, 2.24) is 9.97 Å². The van der Waals surface area contributed by atoms with E-state index in [0.717, 1.165) is 11.9 Å². The van der Waals surface area contributed by atoms with E-state index in [1.165, 1.54) is 18.6 Å². The zero-order valence-corrected chi connectivity index (χ0v) is 11.7. The van der Waals surface area contributed by atoms with Crippen molar-refractivity contribution >= 4 is 34.5 Å². The zero-order valence-electron chi connectivity index (χ0n) is 10.9. The first-order valence-corrected chi connectivity index (χ1v) is 7.64. The lowest BCUT2D eigenvalue weighted by molar-refractivity contribution is 0.0684. The molecule has 2 heterocycles. The number of thioether (sulfide) groups is 1. The van der Waals surface area contributed by atoms with E-state index < -0.39 is 5.97 Å². The van der Waals surface area contributed by atoms with Gasteiger partial charge >= 0.3 is 5.97 Å². The fraction of sp³-hybridized carbons (Fsp3) is 0.357. The van der Waals surface area contributed by atoms with Gasteiger partial charge in [-0.3, -0.25) is 0 Å². The maximum absolute atomic E-state index is 11.1. The Hall–Kier alpha value is -1.82. The number of fused-ring (bicyclic) bond motifs is 1. The van der Waals surface area contributed by atoms with Gasteiger partial charge in [0.05, 0.1) is 5.52 Å². The van der Waals surface area contributed by atoms with Crippen molar-refractivity contribution in [3.8, 4) is 0 Å². The van der Waals surface area contributed by atoms with Gasteiger partial charge in [-0.2, -0.15) is 11.8 Å². The Morgan fingerprint density at radius 2 is 2.25 bits per heavy atom. The van der Waals surface area contributed by atoms with E-state index >= 15 is 0 Å². The van der Waals surface area contributed by atoms with Crippen LogP contribution in [0.25, 0.3) is 10.9 Å². The van der Waals surface area contributed by atoms with Crippen LogP contribution in [0.4, 0.5) is 5.82 Å². The summed E-state index contributed by atoms with van der Waals surface area (Å²) in [5.74, 6) is 0.553. The predicted octanol–water partition coefficient (Wildman–Crippen LogP) is 2.64. The van der Waals surface area contributed by atoms with Crippen LogP contribution in [0.1, 0.15) is 23.5 Å². The Kier molecular flexibility index (Phi) is 3.73. The summed E-state index contributed by atoms with van der Waals surface area (Å²) < 4.78 is 0. The summed E-state index contributed by atoms with van der Waals surface area (Å²) in [7, 11) is 0. The molecule has 0 aliphatic carbocycles. The van der Waals surface area contributed by atoms with Crippen LogP contribution in [0.2, 0.25) is 0 Å². The summed E-state index contributed by atoms with van der Waals surface area (Å²) in [4.78, 5) is 19.3. The average Bonchev–Trinajstić information content (AvgIpc) is 2.97. The molecular weight excluding hydrogens is 274 g/mol. The van der Waals surface area contributed by atoms with Gasteiger partial charge in [-0.05, 0) is 30.7 Å². The van der Waals surface area contributed by atoms with Crippen molar-refractivity contribution in [3.63, 3.8) is 0 Å². The van der Waals surface area contributed by atoms with Crippen LogP contribution in [0, 0.1) is 0 Å². The molecule has 1 aromatic carbocycles. The Bertz CT molecular complexity index is 641. The van der Waals surface area contributed by atoms with Gasteiger partial charge < -0.3 is 10.4 Å². The van der Waals surface area contributed by atoms with Gasteiger partial charge in [0.2, 0.25) is 5.82 Å². The maximum atomic E-state index is 11.1. The largest absolute Gasteiger partial charge is 0.475 e. The van der Waals surface area contributed by atoms with Gasteiger partial charge in [-0.25, -0.2) is 14.8 Å². The van der Waals surface area contributed by atoms with E-state index in [9.17, 15) is 4.79 Å². The normalized spacial score (nSPS) is 18.3. The molecule has 5 nitrogen and oxygen atoms in total. The summed E-state index contributed by atoms with van der Waals surface area (Å²) in [6, 6.07) is 7.46. The quantitative estimate of drug-likeness (QED) is 0.901. The highest BCUT2D eigenvalue weighted by molar-refractivity contribution is 8.00. The Morgan fingerprint density at radius 3 is 3.00 bits per heavy atom. The number of para-hydroxylation sites is 1. The SMILES string of the molecule is O=C(O)c1nc(NCC2CCCS2)c2ccccc2n1. The molecule has 0 bridgehead atoms. The smallest absolute Gasteiger partial charge is 0.374 e. The van der Waals surface area contributed by atoms with Crippen molar-refractivity contribution in [3.05, 3.63) is 30.1 Å². The molecular formula is C14H15N3O2S. The van der Waals surface area contributed by atoms with Crippen LogP contribution in [-0.4, -0.2) is 38.6 Å². The number of hydrogen-bond donors (Lipinski definition) is 2. The van der Waals surface area contributed by atoms with Crippen LogP contribution in [0.15, 0.2) is 24.3 Å². The van der Waals surface area contributed by atoms with Crippen LogP contribution >= 0.6 is 11.8 Å².